The first-order chi connectivity index (χ1) is 12.6. The predicted molar refractivity (Wildman–Crippen MR) is 103 cm³/mol. The van der Waals surface area contributed by atoms with Crippen LogP contribution >= 0.6 is 11.8 Å². The summed E-state index contributed by atoms with van der Waals surface area (Å²) in [5, 5.41) is 3.12. The number of aryl methyl sites for hydroxylation is 2. The molecular weight excluding hydrogens is 348 g/mol. The summed E-state index contributed by atoms with van der Waals surface area (Å²) in [4.78, 5) is 28.8. The van der Waals surface area contributed by atoms with Gasteiger partial charge in [-0.25, -0.2) is 15.0 Å². The fourth-order valence-electron chi connectivity index (χ4n) is 2.84. The average Bonchev–Trinajstić information content (AvgIpc) is 3.17. The molecule has 1 aromatic carbocycles. The van der Waals surface area contributed by atoms with Gasteiger partial charge in [0.1, 0.15) is 5.82 Å². The fraction of sp³-hybridized carbons (Fsp3) is 0.222. The Hall–Kier alpha value is -2.87. The molecule has 132 valence electrons. The van der Waals surface area contributed by atoms with Crippen molar-refractivity contribution in [2.24, 2.45) is 0 Å². The molecule has 26 heavy (non-hydrogen) atoms. The van der Waals surface area contributed by atoms with Crippen LogP contribution in [0.15, 0.2) is 41.2 Å². The molecule has 4 rings (SSSR count). The summed E-state index contributed by atoms with van der Waals surface area (Å²) >= 11 is 1.66. The van der Waals surface area contributed by atoms with Gasteiger partial charge in [-0.15, -0.1) is 11.8 Å². The molecule has 0 spiro atoms. The number of fused-ring (bicyclic) bond motifs is 1. The lowest BCUT2D eigenvalue weighted by Crippen LogP contribution is -2.14. The van der Waals surface area contributed by atoms with Crippen molar-refractivity contribution in [2.45, 2.75) is 25.4 Å². The number of rotatable bonds is 5. The van der Waals surface area contributed by atoms with E-state index in [0.29, 0.717) is 17.5 Å². The lowest BCUT2D eigenvalue weighted by atomic mass is 10.3. The van der Waals surface area contributed by atoms with E-state index >= 15 is 0 Å². The number of hydrogen-bond donors (Lipinski definition) is 2. The Labute approximate surface area is 153 Å². The molecule has 0 saturated carbocycles. The monoisotopic (exact) mass is 366 g/mol. The van der Waals surface area contributed by atoms with Crippen molar-refractivity contribution in [3.05, 3.63) is 69.7 Å². The molecule has 0 radical (unpaired) electrons. The number of thioether (sulfide) groups is 1. The van der Waals surface area contributed by atoms with Gasteiger partial charge in [-0.3, -0.25) is 9.89 Å². The van der Waals surface area contributed by atoms with Gasteiger partial charge < -0.3 is 4.98 Å². The number of benzene rings is 1. The van der Waals surface area contributed by atoms with Gasteiger partial charge in [0.2, 0.25) is 5.95 Å². The molecule has 8 heteroatoms. The third kappa shape index (κ3) is 3.41. The Morgan fingerprint density at radius 1 is 1.04 bits per heavy atom. The second kappa shape index (κ2) is 6.80. The second-order valence-electron chi connectivity index (χ2n) is 6.09. The lowest BCUT2D eigenvalue weighted by molar-refractivity contribution is 0.789. The molecule has 7 nitrogen and oxygen atoms in total. The van der Waals surface area contributed by atoms with Gasteiger partial charge in [0.05, 0.1) is 16.8 Å². The van der Waals surface area contributed by atoms with Crippen LogP contribution in [0.2, 0.25) is 0 Å². The largest absolute Gasteiger partial charge is 0.322 e. The highest BCUT2D eigenvalue weighted by Crippen LogP contribution is 2.16. The van der Waals surface area contributed by atoms with E-state index in [4.69, 9.17) is 0 Å². The summed E-state index contributed by atoms with van der Waals surface area (Å²) in [7, 11) is 0. The molecule has 0 aliphatic heterocycles. The highest BCUT2D eigenvalue weighted by atomic mass is 32.2. The Balaban J connectivity index is 1.49. The first kappa shape index (κ1) is 16.6. The average molecular weight is 366 g/mol. The number of H-pyrrole nitrogens is 2. The lowest BCUT2D eigenvalue weighted by Gasteiger charge is -2.02. The minimum absolute atomic E-state index is 0.137. The molecule has 3 aromatic heterocycles. The van der Waals surface area contributed by atoms with Gasteiger partial charge in [0.25, 0.3) is 5.56 Å². The highest BCUT2D eigenvalue weighted by Gasteiger charge is 2.10. The number of aromatic amines is 2. The van der Waals surface area contributed by atoms with Crippen molar-refractivity contribution in [1.29, 1.82) is 0 Å². The van der Waals surface area contributed by atoms with Crippen molar-refractivity contribution in [3.8, 4) is 5.95 Å². The number of para-hydroxylation sites is 2. The van der Waals surface area contributed by atoms with Crippen LogP contribution in [-0.4, -0.2) is 29.7 Å². The predicted octanol–water partition coefficient (Wildman–Crippen LogP) is 2.88. The molecule has 0 fully saturated rings. The first-order valence-corrected chi connectivity index (χ1v) is 9.39. The smallest absolute Gasteiger partial charge is 0.274 e. The Bertz CT molecular complexity index is 1070. The Morgan fingerprint density at radius 3 is 2.58 bits per heavy atom. The highest BCUT2D eigenvalue weighted by molar-refractivity contribution is 7.97. The van der Waals surface area contributed by atoms with E-state index in [0.717, 1.165) is 33.9 Å². The summed E-state index contributed by atoms with van der Waals surface area (Å²) in [6.07, 6.45) is 0. The molecule has 0 saturated heterocycles. The SMILES string of the molecule is Cc1cc(C)nc(CSCc2cc(=O)n(-c3nc4ccccc4[nH]3)[nH]2)n1. The van der Waals surface area contributed by atoms with Gasteiger partial charge in [-0.2, -0.15) is 4.68 Å². The van der Waals surface area contributed by atoms with Crippen LogP contribution in [0.5, 0.6) is 0 Å². The van der Waals surface area contributed by atoms with E-state index < -0.39 is 0 Å². The van der Waals surface area contributed by atoms with Crippen molar-refractivity contribution < 1.29 is 0 Å². The molecule has 0 bridgehead atoms. The summed E-state index contributed by atoms with van der Waals surface area (Å²) in [5.41, 5.74) is 4.36. The minimum Gasteiger partial charge on any atom is -0.322 e. The second-order valence-corrected chi connectivity index (χ2v) is 7.08. The van der Waals surface area contributed by atoms with Crippen molar-refractivity contribution in [3.63, 3.8) is 0 Å². The molecule has 2 N–H and O–H groups in total. The maximum absolute atomic E-state index is 12.3. The van der Waals surface area contributed by atoms with Crippen LogP contribution in [0, 0.1) is 13.8 Å². The van der Waals surface area contributed by atoms with E-state index in [1.54, 1.807) is 17.8 Å². The van der Waals surface area contributed by atoms with Gasteiger partial charge in [-0.05, 0) is 32.0 Å². The number of hydrogen-bond acceptors (Lipinski definition) is 5. The van der Waals surface area contributed by atoms with Gasteiger partial charge >= 0.3 is 0 Å². The molecule has 4 aromatic rings. The van der Waals surface area contributed by atoms with Crippen molar-refractivity contribution in [1.82, 2.24) is 29.7 Å². The van der Waals surface area contributed by atoms with Crippen LogP contribution in [0.1, 0.15) is 22.9 Å². The van der Waals surface area contributed by atoms with Crippen LogP contribution in [0.3, 0.4) is 0 Å². The summed E-state index contributed by atoms with van der Waals surface area (Å²) < 4.78 is 1.43. The zero-order valence-electron chi connectivity index (χ0n) is 14.5. The Morgan fingerprint density at radius 2 is 1.81 bits per heavy atom. The third-order valence-electron chi connectivity index (χ3n) is 3.88. The molecule has 0 atom stereocenters. The van der Waals surface area contributed by atoms with E-state index in [1.807, 2.05) is 44.2 Å². The van der Waals surface area contributed by atoms with Gasteiger partial charge in [0.15, 0.2) is 0 Å². The molecule has 0 aliphatic rings. The van der Waals surface area contributed by atoms with Crippen molar-refractivity contribution >= 4 is 22.8 Å². The quantitative estimate of drug-likeness (QED) is 0.567. The maximum atomic E-state index is 12.3. The van der Waals surface area contributed by atoms with E-state index in [-0.39, 0.29) is 5.56 Å². The summed E-state index contributed by atoms with van der Waals surface area (Å²) in [6, 6.07) is 11.2. The molecule has 3 heterocycles. The number of aromatic nitrogens is 6. The minimum atomic E-state index is -0.137. The first-order valence-electron chi connectivity index (χ1n) is 8.23. The molecule has 0 unspecified atom stereocenters. The van der Waals surface area contributed by atoms with Crippen LogP contribution in [-0.2, 0) is 11.5 Å². The standard InChI is InChI=1S/C18H18N6OS/c1-11-7-12(2)20-16(19-11)10-26-9-13-8-17(25)24(23-13)18-21-14-5-3-4-6-15(14)22-18/h3-8,23H,9-10H2,1-2H3,(H,21,22). The zero-order valence-corrected chi connectivity index (χ0v) is 15.3. The molecule has 0 aliphatic carbocycles. The number of nitrogens with one attached hydrogen (secondary N) is 2. The van der Waals surface area contributed by atoms with E-state index in [9.17, 15) is 4.79 Å². The number of nitrogens with zero attached hydrogens (tertiary/aromatic N) is 4. The maximum Gasteiger partial charge on any atom is 0.274 e. The Kier molecular flexibility index (Phi) is 4.34. The zero-order chi connectivity index (χ0) is 18.1. The molecular formula is C18H18N6OS. The molecule has 0 amide bonds. The summed E-state index contributed by atoms with van der Waals surface area (Å²) in [6.45, 7) is 3.93. The van der Waals surface area contributed by atoms with E-state index in [2.05, 4.69) is 25.0 Å². The third-order valence-corrected chi connectivity index (χ3v) is 4.86. The van der Waals surface area contributed by atoms with Crippen LogP contribution < -0.4 is 5.56 Å². The topological polar surface area (TPSA) is 92.2 Å². The normalized spacial score (nSPS) is 11.3. The van der Waals surface area contributed by atoms with Crippen LogP contribution in [0.4, 0.5) is 0 Å². The van der Waals surface area contributed by atoms with E-state index in [1.165, 1.54) is 4.68 Å². The van der Waals surface area contributed by atoms with Crippen LogP contribution in [0.25, 0.3) is 17.0 Å². The fourth-order valence-corrected chi connectivity index (χ4v) is 3.62. The van der Waals surface area contributed by atoms with Gasteiger partial charge in [-0.1, -0.05) is 12.1 Å². The number of imidazole rings is 1. The summed E-state index contributed by atoms with van der Waals surface area (Å²) in [5.74, 6) is 2.66. The van der Waals surface area contributed by atoms with Gasteiger partial charge in [0, 0.05) is 28.9 Å². The van der Waals surface area contributed by atoms with Crippen molar-refractivity contribution in [2.75, 3.05) is 0 Å².